The molecule has 0 spiro atoms. The van der Waals surface area contributed by atoms with E-state index in [9.17, 15) is 15.0 Å². The van der Waals surface area contributed by atoms with E-state index in [0.717, 1.165) is 5.56 Å². The third-order valence-corrected chi connectivity index (χ3v) is 3.56. The van der Waals surface area contributed by atoms with Crippen LogP contribution < -0.4 is 9.47 Å². The van der Waals surface area contributed by atoms with Gasteiger partial charge in [0.25, 0.3) is 0 Å². The van der Waals surface area contributed by atoms with Gasteiger partial charge >= 0.3 is 5.97 Å². The molecular formula is C16H14O5. The summed E-state index contributed by atoms with van der Waals surface area (Å²) >= 11 is 0. The number of hydrogen-bond acceptors (Lipinski definition) is 5. The van der Waals surface area contributed by atoms with Crippen LogP contribution in [0.5, 0.6) is 23.0 Å². The highest BCUT2D eigenvalue weighted by Gasteiger charge is 2.33. The molecule has 0 saturated heterocycles. The molecule has 0 fully saturated rings. The third-order valence-electron chi connectivity index (χ3n) is 3.56. The molecule has 0 bridgehead atoms. The average Bonchev–Trinajstić information content (AvgIpc) is 2.45. The maximum Gasteiger partial charge on any atom is 0.312 e. The fourth-order valence-corrected chi connectivity index (χ4v) is 2.69. The second-order valence-corrected chi connectivity index (χ2v) is 4.85. The van der Waals surface area contributed by atoms with Crippen molar-refractivity contribution in [2.45, 2.75) is 12.3 Å². The Kier molecular flexibility index (Phi) is 3.17. The summed E-state index contributed by atoms with van der Waals surface area (Å²) in [7, 11) is 1.55. The normalized spacial score (nSPS) is 17.0. The number of ether oxygens (including phenoxy) is 2. The zero-order valence-corrected chi connectivity index (χ0v) is 11.4. The van der Waals surface area contributed by atoms with E-state index in [4.69, 9.17) is 9.47 Å². The van der Waals surface area contributed by atoms with E-state index in [2.05, 4.69) is 0 Å². The van der Waals surface area contributed by atoms with Gasteiger partial charge in [0.1, 0.15) is 23.0 Å². The van der Waals surface area contributed by atoms with E-state index in [1.54, 1.807) is 13.2 Å². The number of phenolic OH excluding ortho intramolecular Hbond substituents is 2. The molecule has 21 heavy (non-hydrogen) atoms. The van der Waals surface area contributed by atoms with E-state index in [0.29, 0.717) is 11.3 Å². The standard InChI is InChI=1S/C16H14O5/c1-20-13-5-3-2-4-10(13)11-8-15(19)21-14-7-9(17)6-12(18)16(11)14/h2-7,11,17-18H,8H2,1H3. The number of hydrogen-bond donors (Lipinski definition) is 2. The highest BCUT2D eigenvalue weighted by Crippen LogP contribution is 2.47. The predicted octanol–water partition coefficient (Wildman–Crippen LogP) is 2.55. The summed E-state index contributed by atoms with van der Waals surface area (Å²) in [6, 6.07) is 9.88. The maximum absolute atomic E-state index is 11.8. The summed E-state index contributed by atoms with van der Waals surface area (Å²) in [4.78, 5) is 11.8. The Morgan fingerprint density at radius 2 is 2.00 bits per heavy atom. The summed E-state index contributed by atoms with van der Waals surface area (Å²) in [6.45, 7) is 0. The van der Waals surface area contributed by atoms with Crippen molar-refractivity contribution in [3.63, 3.8) is 0 Å². The second-order valence-electron chi connectivity index (χ2n) is 4.85. The molecule has 1 heterocycles. The first-order valence-electron chi connectivity index (χ1n) is 6.49. The minimum absolute atomic E-state index is 0.103. The second kappa shape index (κ2) is 5.01. The summed E-state index contributed by atoms with van der Waals surface area (Å²) in [6.07, 6.45) is 0.103. The Morgan fingerprint density at radius 3 is 2.76 bits per heavy atom. The lowest BCUT2D eigenvalue weighted by atomic mass is 9.85. The van der Waals surface area contributed by atoms with Gasteiger partial charge in [-0.3, -0.25) is 4.79 Å². The van der Waals surface area contributed by atoms with Crippen molar-refractivity contribution in [2.24, 2.45) is 0 Å². The van der Waals surface area contributed by atoms with Gasteiger partial charge in [0.05, 0.1) is 13.5 Å². The molecule has 2 aromatic rings. The molecule has 5 nitrogen and oxygen atoms in total. The van der Waals surface area contributed by atoms with Crippen LogP contribution in [0.4, 0.5) is 0 Å². The summed E-state index contributed by atoms with van der Waals surface area (Å²) in [5, 5.41) is 19.7. The van der Waals surface area contributed by atoms with Gasteiger partial charge in [-0.1, -0.05) is 18.2 Å². The number of esters is 1. The highest BCUT2D eigenvalue weighted by atomic mass is 16.5. The zero-order valence-electron chi connectivity index (χ0n) is 11.4. The molecule has 3 rings (SSSR count). The molecule has 0 aliphatic carbocycles. The molecule has 108 valence electrons. The summed E-state index contributed by atoms with van der Waals surface area (Å²) in [5.41, 5.74) is 1.27. The lowest BCUT2D eigenvalue weighted by molar-refractivity contribution is -0.135. The Morgan fingerprint density at radius 1 is 1.24 bits per heavy atom. The van der Waals surface area contributed by atoms with E-state index < -0.39 is 5.97 Å². The molecule has 0 radical (unpaired) electrons. The first-order chi connectivity index (χ1) is 10.1. The lowest BCUT2D eigenvalue weighted by Crippen LogP contribution is -2.21. The van der Waals surface area contributed by atoms with Crippen LogP contribution in [-0.4, -0.2) is 23.3 Å². The van der Waals surface area contributed by atoms with Gasteiger partial charge in [0.15, 0.2) is 0 Å². The highest BCUT2D eigenvalue weighted by molar-refractivity contribution is 5.79. The van der Waals surface area contributed by atoms with Crippen LogP contribution in [0.2, 0.25) is 0 Å². The van der Waals surface area contributed by atoms with Gasteiger partial charge in [-0.15, -0.1) is 0 Å². The van der Waals surface area contributed by atoms with Crippen molar-refractivity contribution in [1.29, 1.82) is 0 Å². The quantitative estimate of drug-likeness (QED) is 0.655. The van der Waals surface area contributed by atoms with E-state index in [1.165, 1.54) is 12.1 Å². The molecule has 2 N–H and O–H groups in total. The van der Waals surface area contributed by atoms with Gasteiger partial charge in [0, 0.05) is 29.2 Å². The number of rotatable bonds is 2. The topological polar surface area (TPSA) is 76.0 Å². The Balaban J connectivity index is 2.19. The fraction of sp³-hybridized carbons (Fsp3) is 0.188. The van der Waals surface area contributed by atoms with Gasteiger partial charge in [-0.2, -0.15) is 0 Å². The van der Waals surface area contributed by atoms with Crippen molar-refractivity contribution < 1.29 is 24.5 Å². The number of para-hydroxylation sites is 1. The summed E-state index contributed by atoms with van der Waals surface area (Å²) < 4.78 is 10.4. The number of fused-ring (bicyclic) bond motifs is 1. The largest absolute Gasteiger partial charge is 0.508 e. The first-order valence-corrected chi connectivity index (χ1v) is 6.49. The Labute approximate surface area is 121 Å². The molecule has 0 saturated carbocycles. The van der Waals surface area contributed by atoms with Crippen molar-refractivity contribution in [1.82, 2.24) is 0 Å². The van der Waals surface area contributed by atoms with Crippen LogP contribution in [-0.2, 0) is 4.79 Å². The molecule has 0 amide bonds. The first kappa shape index (κ1) is 13.3. The van der Waals surface area contributed by atoms with Crippen LogP contribution >= 0.6 is 0 Å². The maximum atomic E-state index is 11.8. The molecule has 1 atom stereocenters. The van der Waals surface area contributed by atoms with Crippen LogP contribution in [0.1, 0.15) is 23.5 Å². The Bertz CT molecular complexity index is 708. The molecule has 1 unspecified atom stereocenters. The third kappa shape index (κ3) is 2.27. The molecule has 0 aromatic heterocycles. The van der Waals surface area contributed by atoms with Crippen molar-refractivity contribution in [3.05, 3.63) is 47.5 Å². The number of aromatic hydroxyl groups is 2. The molecule has 1 aliphatic rings. The number of benzene rings is 2. The monoisotopic (exact) mass is 286 g/mol. The number of methoxy groups -OCH3 is 1. The van der Waals surface area contributed by atoms with Gasteiger partial charge in [0.2, 0.25) is 0 Å². The van der Waals surface area contributed by atoms with Crippen molar-refractivity contribution in [2.75, 3.05) is 7.11 Å². The van der Waals surface area contributed by atoms with E-state index >= 15 is 0 Å². The SMILES string of the molecule is COc1ccccc1C1CC(=O)Oc2cc(O)cc(O)c21. The molecule has 5 heteroatoms. The van der Waals surface area contributed by atoms with Gasteiger partial charge < -0.3 is 19.7 Å². The number of carbonyl (C=O) groups is 1. The zero-order chi connectivity index (χ0) is 15.0. The predicted molar refractivity (Wildman–Crippen MR) is 74.9 cm³/mol. The summed E-state index contributed by atoms with van der Waals surface area (Å²) in [5.74, 6) is -0.232. The van der Waals surface area contributed by atoms with Crippen LogP contribution in [0.25, 0.3) is 0 Å². The van der Waals surface area contributed by atoms with Crippen LogP contribution in [0, 0.1) is 0 Å². The Hall–Kier alpha value is -2.69. The lowest BCUT2D eigenvalue weighted by Gasteiger charge is -2.26. The number of carbonyl (C=O) groups excluding carboxylic acids is 1. The minimum Gasteiger partial charge on any atom is -0.508 e. The van der Waals surface area contributed by atoms with Gasteiger partial charge in [-0.05, 0) is 6.07 Å². The molecule has 2 aromatic carbocycles. The molecule has 1 aliphatic heterocycles. The smallest absolute Gasteiger partial charge is 0.312 e. The fourth-order valence-electron chi connectivity index (χ4n) is 2.69. The average molecular weight is 286 g/mol. The van der Waals surface area contributed by atoms with E-state index in [-0.39, 0.29) is 29.6 Å². The van der Waals surface area contributed by atoms with E-state index in [1.807, 2.05) is 18.2 Å². The van der Waals surface area contributed by atoms with Crippen LogP contribution in [0.15, 0.2) is 36.4 Å². The molecular weight excluding hydrogens is 272 g/mol. The number of phenols is 2. The van der Waals surface area contributed by atoms with Crippen molar-refractivity contribution >= 4 is 5.97 Å². The van der Waals surface area contributed by atoms with Gasteiger partial charge in [-0.25, -0.2) is 0 Å². The minimum atomic E-state index is -0.414. The van der Waals surface area contributed by atoms with Crippen molar-refractivity contribution in [3.8, 4) is 23.0 Å². The van der Waals surface area contributed by atoms with Crippen LogP contribution in [0.3, 0.4) is 0 Å².